The number of hydrogen-bond acceptors (Lipinski definition) is 2. The van der Waals surface area contributed by atoms with E-state index < -0.39 is 0 Å². The summed E-state index contributed by atoms with van der Waals surface area (Å²) < 4.78 is 0. The van der Waals surface area contributed by atoms with Gasteiger partial charge in [-0.15, -0.1) is 6.58 Å². The van der Waals surface area contributed by atoms with Gasteiger partial charge in [-0.25, -0.2) is 0 Å². The molecule has 1 fully saturated rings. The Morgan fingerprint density at radius 2 is 2.18 bits per heavy atom. The van der Waals surface area contributed by atoms with Crippen LogP contribution in [0.15, 0.2) is 12.7 Å². The van der Waals surface area contributed by atoms with Gasteiger partial charge >= 0.3 is 0 Å². The molecule has 2 nitrogen and oxygen atoms in total. The Labute approximate surface area is 69.3 Å². The van der Waals surface area contributed by atoms with Crippen LogP contribution in [-0.2, 0) is 0 Å². The van der Waals surface area contributed by atoms with Crippen LogP contribution in [0.2, 0.25) is 0 Å². The SMILES string of the molecule is C=CCN1CCC(NC)CC1. The number of rotatable bonds is 3. The van der Waals surface area contributed by atoms with Crippen molar-refractivity contribution in [2.24, 2.45) is 0 Å². The van der Waals surface area contributed by atoms with Gasteiger partial charge in [0.25, 0.3) is 0 Å². The van der Waals surface area contributed by atoms with E-state index in [0.717, 1.165) is 12.6 Å². The lowest BCUT2D eigenvalue weighted by atomic mass is 10.1. The van der Waals surface area contributed by atoms with E-state index in [1.807, 2.05) is 13.1 Å². The van der Waals surface area contributed by atoms with Crippen LogP contribution in [0.1, 0.15) is 12.8 Å². The molecule has 0 amide bonds. The van der Waals surface area contributed by atoms with Crippen LogP contribution in [-0.4, -0.2) is 37.6 Å². The Kier molecular flexibility index (Phi) is 3.60. The molecule has 1 aliphatic heterocycles. The van der Waals surface area contributed by atoms with Crippen molar-refractivity contribution in [1.29, 1.82) is 0 Å². The van der Waals surface area contributed by atoms with Crippen LogP contribution >= 0.6 is 0 Å². The summed E-state index contributed by atoms with van der Waals surface area (Å²) in [5, 5.41) is 3.31. The fourth-order valence-electron chi connectivity index (χ4n) is 1.59. The maximum absolute atomic E-state index is 3.74. The minimum atomic E-state index is 0.746. The minimum absolute atomic E-state index is 0.746. The van der Waals surface area contributed by atoms with Crippen LogP contribution in [0, 0.1) is 0 Å². The molecule has 0 radical (unpaired) electrons. The summed E-state index contributed by atoms with van der Waals surface area (Å²) in [4.78, 5) is 2.45. The molecule has 0 atom stereocenters. The van der Waals surface area contributed by atoms with Crippen molar-refractivity contribution in [2.75, 3.05) is 26.7 Å². The van der Waals surface area contributed by atoms with Gasteiger partial charge in [0.15, 0.2) is 0 Å². The van der Waals surface area contributed by atoms with Crippen LogP contribution < -0.4 is 5.32 Å². The van der Waals surface area contributed by atoms with Crippen LogP contribution in [0.25, 0.3) is 0 Å². The maximum Gasteiger partial charge on any atom is 0.0160 e. The number of nitrogens with one attached hydrogen (secondary N) is 1. The molecule has 0 saturated carbocycles. The molecule has 0 spiro atoms. The van der Waals surface area contributed by atoms with Gasteiger partial charge in [-0.2, -0.15) is 0 Å². The molecule has 11 heavy (non-hydrogen) atoms. The van der Waals surface area contributed by atoms with E-state index in [2.05, 4.69) is 16.8 Å². The second-order valence-corrected chi connectivity index (χ2v) is 3.15. The van der Waals surface area contributed by atoms with E-state index in [9.17, 15) is 0 Å². The fraction of sp³-hybridized carbons (Fsp3) is 0.778. The molecule has 0 unspecified atom stereocenters. The second-order valence-electron chi connectivity index (χ2n) is 3.15. The molecule has 2 heteroatoms. The summed E-state index contributed by atoms with van der Waals surface area (Å²) in [6, 6.07) is 0.746. The Hall–Kier alpha value is -0.340. The summed E-state index contributed by atoms with van der Waals surface area (Å²) in [5.41, 5.74) is 0. The smallest absolute Gasteiger partial charge is 0.0160 e. The van der Waals surface area contributed by atoms with Crippen molar-refractivity contribution in [3.63, 3.8) is 0 Å². The molecule has 0 aliphatic carbocycles. The highest BCUT2D eigenvalue weighted by Gasteiger charge is 2.15. The molecule has 1 heterocycles. The Balaban J connectivity index is 2.18. The first-order chi connectivity index (χ1) is 5.36. The number of piperidine rings is 1. The van der Waals surface area contributed by atoms with Gasteiger partial charge in [0.2, 0.25) is 0 Å². The number of likely N-dealkylation sites (tertiary alicyclic amines) is 1. The third-order valence-electron chi connectivity index (χ3n) is 2.38. The highest BCUT2D eigenvalue weighted by atomic mass is 15.1. The Morgan fingerprint density at radius 1 is 1.55 bits per heavy atom. The van der Waals surface area contributed by atoms with Gasteiger partial charge in [-0.05, 0) is 33.0 Å². The van der Waals surface area contributed by atoms with E-state index in [0.29, 0.717) is 0 Å². The lowest BCUT2D eigenvalue weighted by molar-refractivity contribution is 0.220. The number of hydrogen-bond donors (Lipinski definition) is 1. The Bertz CT molecular complexity index is 115. The standard InChI is InChI=1S/C9H18N2/c1-3-6-11-7-4-9(10-2)5-8-11/h3,9-10H,1,4-8H2,2H3. The average Bonchev–Trinajstić information content (AvgIpc) is 2.07. The van der Waals surface area contributed by atoms with E-state index in [-0.39, 0.29) is 0 Å². The van der Waals surface area contributed by atoms with Crippen molar-refractivity contribution in [1.82, 2.24) is 10.2 Å². The zero-order valence-electron chi connectivity index (χ0n) is 7.34. The normalized spacial score (nSPS) is 21.9. The molecule has 0 aromatic heterocycles. The van der Waals surface area contributed by atoms with E-state index >= 15 is 0 Å². The average molecular weight is 154 g/mol. The van der Waals surface area contributed by atoms with Crippen LogP contribution in [0.3, 0.4) is 0 Å². The maximum atomic E-state index is 3.74. The predicted molar refractivity (Wildman–Crippen MR) is 48.7 cm³/mol. The molecule has 0 bridgehead atoms. The highest BCUT2D eigenvalue weighted by molar-refractivity contribution is 4.80. The van der Waals surface area contributed by atoms with Gasteiger partial charge in [0.05, 0.1) is 0 Å². The third-order valence-corrected chi connectivity index (χ3v) is 2.38. The lowest BCUT2D eigenvalue weighted by Gasteiger charge is -2.30. The molecule has 0 aromatic rings. The van der Waals surface area contributed by atoms with E-state index in [1.165, 1.54) is 25.9 Å². The second kappa shape index (κ2) is 4.52. The molecule has 1 rings (SSSR count). The van der Waals surface area contributed by atoms with Crippen molar-refractivity contribution in [3.05, 3.63) is 12.7 Å². The third kappa shape index (κ3) is 2.64. The Morgan fingerprint density at radius 3 is 2.64 bits per heavy atom. The monoisotopic (exact) mass is 154 g/mol. The molecular formula is C9H18N2. The number of nitrogens with zero attached hydrogens (tertiary/aromatic N) is 1. The van der Waals surface area contributed by atoms with Crippen molar-refractivity contribution >= 4 is 0 Å². The lowest BCUT2D eigenvalue weighted by Crippen LogP contribution is -2.41. The molecule has 0 aromatic carbocycles. The first-order valence-electron chi connectivity index (χ1n) is 4.37. The van der Waals surface area contributed by atoms with Gasteiger partial charge in [-0.3, -0.25) is 4.90 Å². The summed E-state index contributed by atoms with van der Waals surface area (Å²) in [6.07, 6.45) is 4.55. The van der Waals surface area contributed by atoms with Crippen molar-refractivity contribution < 1.29 is 0 Å². The molecule has 1 N–H and O–H groups in total. The van der Waals surface area contributed by atoms with E-state index in [4.69, 9.17) is 0 Å². The zero-order chi connectivity index (χ0) is 8.10. The van der Waals surface area contributed by atoms with Crippen LogP contribution in [0.4, 0.5) is 0 Å². The van der Waals surface area contributed by atoms with Crippen molar-refractivity contribution in [3.8, 4) is 0 Å². The van der Waals surface area contributed by atoms with E-state index in [1.54, 1.807) is 0 Å². The molecular weight excluding hydrogens is 136 g/mol. The summed E-state index contributed by atoms with van der Waals surface area (Å²) in [5.74, 6) is 0. The topological polar surface area (TPSA) is 15.3 Å². The molecule has 64 valence electrons. The first kappa shape index (κ1) is 8.75. The highest BCUT2D eigenvalue weighted by Crippen LogP contribution is 2.08. The largest absolute Gasteiger partial charge is 0.317 e. The summed E-state index contributed by atoms with van der Waals surface area (Å²) >= 11 is 0. The van der Waals surface area contributed by atoms with Gasteiger partial charge in [-0.1, -0.05) is 6.08 Å². The zero-order valence-corrected chi connectivity index (χ0v) is 7.34. The van der Waals surface area contributed by atoms with Gasteiger partial charge < -0.3 is 5.32 Å². The van der Waals surface area contributed by atoms with Crippen LogP contribution in [0.5, 0.6) is 0 Å². The molecule has 1 saturated heterocycles. The van der Waals surface area contributed by atoms with Crippen molar-refractivity contribution in [2.45, 2.75) is 18.9 Å². The fourth-order valence-corrected chi connectivity index (χ4v) is 1.59. The predicted octanol–water partition coefficient (Wildman–Crippen LogP) is 0.856. The minimum Gasteiger partial charge on any atom is -0.317 e. The molecule has 1 aliphatic rings. The first-order valence-corrected chi connectivity index (χ1v) is 4.37. The van der Waals surface area contributed by atoms with Gasteiger partial charge in [0.1, 0.15) is 0 Å². The summed E-state index contributed by atoms with van der Waals surface area (Å²) in [7, 11) is 2.05. The van der Waals surface area contributed by atoms with Gasteiger partial charge in [0, 0.05) is 12.6 Å². The summed E-state index contributed by atoms with van der Waals surface area (Å²) in [6.45, 7) is 7.23. The quantitative estimate of drug-likeness (QED) is 0.606.